The fourth-order valence-electron chi connectivity index (χ4n) is 1.61. The highest BCUT2D eigenvalue weighted by atomic mass is 35.5. The van der Waals surface area contributed by atoms with E-state index in [1.54, 1.807) is 16.8 Å². The van der Waals surface area contributed by atoms with Crippen LogP contribution in [0.2, 0.25) is 5.15 Å². The molecule has 8 heteroatoms. The lowest BCUT2D eigenvalue weighted by molar-refractivity contribution is -0.133. The van der Waals surface area contributed by atoms with Crippen LogP contribution in [0.5, 0.6) is 0 Å². The molecule has 0 aromatic carbocycles. The molecule has 0 aliphatic carbocycles. The standard InChI is InChI=1S/C12H13ClN4O2S/c1-2-3-8-6-11(20-7-12(18)19)17(16-8)10-5-4-9(13)14-15-10/h4-6H,2-3,7H2,1H3,(H,18,19). The van der Waals surface area contributed by atoms with Crippen molar-refractivity contribution in [2.45, 2.75) is 24.8 Å². The number of carboxylic acid groups (broad SMARTS) is 1. The summed E-state index contributed by atoms with van der Waals surface area (Å²) in [5.41, 5.74) is 0.900. The molecule has 2 aromatic heterocycles. The summed E-state index contributed by atoms with van der Waals surface area (Å²) in [4.78, 5) is 10.7. The minimum Gasteiger partial charge on any atom is -0.481 e. The van der Waals surface area contributed by atoms with E-state index in [1.165, 1.54) is 11.8 Å². The maximum absolute atomic E-state index is 10.7. The molecule has 0 amide bonds. The van der Waals surface area contributed by atoms with Crippen LogP contribution in [0.3, 0.4) is 0 Å². The summed E-state index contributed by atoms with van der Waals surface area (Å²) < 4.78 is 1.60. The topological polar surface area (TPSA) is 80.9 Å². The number of aromatic nitrogens is 4. The number of hydrogen-bond donors (Lipinski definition) is 1. The first-order valence-corrected chi connectivity index (χ1v) is 7.39. The van der Waals surface area contributed by atoms with Gasteiger partial charge >= 0.3 is 5.97 Å². The van der Waals surface area contributed by atoms with Gasteiger partial charge in [0.1, 0.15) is 5.03 Å². The zero-order valence-electron chi connectivity index (χ0n) is 10.8. The lowest BCUT2D eigenvalue weighted by atomic mass is 10.3. The minimum atomic E-state index is -0.873. The lowest BCUT2D eigenvalue weighted by Gasteiger charge is -2.04. The van der Waals surface area contributed by atoms with Gasteiger partial charge in [0, 0.05) is 0 Å². The van der Waals surface area contributed by atoms with Gasteiger partial charge < -0.3 is 5.11 Å². The van der Waals surface area contributed by atoms with E-state index in [-0.39, 0.29) is 5.75 Å². The third-order valence-corrected chi connectivity index (χ3v) is 3.59. The number of nitrogens with zero attached hydrogens (tertiary/aromatic N) is 4. The van der Waals surface area contributed by atoms with Crippen molar-refractivity contribution >= 4 is 29.3 Å². The van der Waals surface area contributed by atoms with Gasteiger partial charge in [0.05, 0.1) is 11.4 Å². The number of thioether (sulfide) groups is 1. The largest absolute Gasteiger partial charge is 0.481 e. The van der Waals surface area contributed by atoms with E-state index in [2.05, 4.69) is 22.2 Å². The average Bonchev–Trinajstić information content (AvgIpc) is 2.81. The molecule has 0 radical (unpaired) electrons. The molecule has 20 heavy (non-hydrogen) atoms. The number of rotatable bonds is 6. The number of carbonyl (C=O) groups is 1. The van der Waals surface area contributed by atoms with Crippen LogP contribution in [0.4, 0.5) is 0 Å². The first kappa shape index (κ1) is 14.8. The summed E-state index contributed by atoms with van der Waals surface area (Å²) in [5, 5.41) is 22.0. The quantitative estimate of drug-likeness (QED) is 0.825. The average molecular weight is 313 g/mol. The van der Waals surface area contributed by atoms with Gasteiger partial charge in [-0.25, -0.2) is 4.68 Å². The fraction of sp³-hybridized carbons (Fsp3) is 0.333. The van der Waals surface area contributed by atoms with Gasteiger partial charge in [-0.2, -0.15) is 5.10 Å². The maximum atomic E-state index is 10.7. The van der Waals surface area contributed by atoms with Crippen LogP contribution in [0.25, 0.3) is 5.82 Å². The van der Waals surface area contributed by atoms with Crippen molar-refractivity contribution < 1.29 is 9.90 Å². The zero-order valence-corrected chi connectivity index (χ0v) is 12.4. The van der Waals surface area contributed by atoms with E-state index in [0.29, 0.717) is 11.0 Å². The first-order valence-electron chi connectivity index (χ1n) is 6.03. The Kier molecular flexibility index (Phi) is 4.97. The Morgan fingerprint density at radius 2 is 2.25 bits per heavy atom. The highest BCUT2D eigenvalue weighted by Gasteiger charge is 2.12. The molecule has 0 atom stereocenters. The molecule has 106 valence electrons. The van der Waals surface area contributed by atoms with Crippen LogP contribution < -0.4 is 0 Å². The van der Waals surface area contributed by atoms with Gasteiger partial charge in [0.15, 0.2) is 11.0 Å². The van der Waals surface area contributed by atoms with Crippen LogP contribution in [-0.4, -0.2) is 36.8 Å². The number of aliphatic carboxylic acids is 1. The zero-order chi connectivity index (χ0) is 14.5. The molecule has 0 saturated heterocycles. The van der Waals surface area contributed by atoms with Crippen LogP contribution in [0, 0.1) is 0 Å². The van der Waals surface area contributed by atoms with Crippen molar-refractivity contribution in [1.82, 2.24) is 20.0 Å². The summed E-state index contributed by atoms with van der Waals surface area (Å²) in [6, 6.07) is 5.20. The molecule has 0 unspecified atom stereocenters. The Morgan fingerprint density at radius 3 is 2.85 bits per heavy atom. The fourth-order valence-corrected chi connectivity index (χ4v) is 2.46. The number of aryl methyl sites for hydroxylation is 1. The van der Waals surface area contributed by atoms with Crippen molar-refractivity contribution in [2.24, 2.45) is 0 Å². The maximum Gasteiger partial charge on any atom is 0.313 e. The lowest BCUT2D eigenvalue weighted by Crippen LogP contribution is -2.05. The van der Waals surface area contributed by atoms with Crippen molar-refractivity contribution in [3.05, 3.63) is 29.0 Å². The normalized spacial score (nSPS) is 10.7. The number of hydrogen-bond acceptors (Lipinski definition) is 5. The van der Waals surface area contributed by atoms with Gasteiger partial charge in [-0.1, -0.05) is 36.7 Å². The van der Waals surface area contributed by atoms with Crippen molar-refractivity contribution in [2.75, 3.05) is 5.75 Å². The van der Waals surface area contributed by atoms with Gasteiger partial charge in [-0.05, 0) is 24.6 Å². The van der Waals surface area contributed by atoms with Gasteiger partial charge in [-0.15, -0.1) is 10.2 Å². The Balaban J connectivity index is 2.33. The molecule has 0 bridgehead atoms. The van der Waals surface area contributed by atoms with Gasteiger partial charge in [-0.3, -0.25) is 4.79 Å². The molecule has 0 saturated carbocycles. The second-order valence-electron chi connectivity index (χ2n) is 4.03. The van der Waals surface area contributed by atoms with E-state index in [1.807, 2.05) is 6.07 Å². The van der Waals surface area contributed by atoms with Crippen molar-refractivity contribution in [3.8, 4) is 5.82 Å². The molecule has 0 aliphatic rings. The molecule has 0 fully saturated rings. The van der Waals surface area contributed by atoms with Gasteiger partial charge in [0.2, 0.25) is 0 Å². The Bertz CT molecular complexity index is 600. The van der Waals surface area contributed by atoms with Crippen LogP contribution >= 0.6 is 23.4 Å². The van der Waals surface area contributed by atoms with E-state index >= 15 is 0 Å². The molecule has 2 aromatic rings. The second-order valence-corrected chi connectivity index (χ2v) is 5.42. The highest BCUT2D eigenvalue weighted by molar-refractivity contribution is 7.99. The van der Waals surface area contributed by atoms with E-state index in [4.69, 9.17) is 16.7 Å². The minimum absolute atomic E-state index is 0.0295. The molecule has 2 rings (SSSR count). The predicted molar refractivity (Wildman–Crippen MR) is 76.5 cm³/mol. The monoisotopic (exact) mass is 312 g/mol. The predicted octanol–water partition coefficient (Wildman–Crippen LogP) is 2.44. The molecule has 1 N–H and O–H groups in total. The van der Waals surface area contributed by atoms with Gasteiger partial charge in [0.25, 0.3) is 0 Å². The molecule has 0 aliphatic heterocycles. The number of carboxylic acids is 1. The smallest absolute Gasteiger partial charge is 0.313 e. The summed E-state index contributed by atoms with van der Waals surface area (Å²) in [6.45, 7) is 2.06. The Hall–Kier alpha value is -1.60. The van der Waals surface area contributed by atoms with E-state index < -0.39 is 5.97 Å². The van der Waals surface area contributed by atoms with Crippen LogP contribution in [0.15, 0.2) is 23.2 Å². The van der Waals surface area contributed by atoms with E-state index in [0.717, 1.165) is 23.6 Å². The van der Waals surface area contributed by atoms with Crippen molar-refractivity contribution in [3.63, 3.8) is 0 Å². The summed E-state index contributed by atoms with van der Waals surface area (Å²) in [7, 11) is 0. The SMILES string of the molecule is CCCc1cc(SCC(=O)O)n(-c2ccc(Cl)nn2)n1. The molecular formula is C12H13ClN4O2S. The Labute approximate surface area is 125 Å². The summed E-state index contributed by atoms with van der Waals surface area (Å²) in [6.07, 6.45) is 1.79. The molecule has 6 nitrogen and oxygen atoms in total. The Morgan fingerprint density at radius 1 is 1.45 bits per heavy atom. The molecule has 2 heterocycles. The highest BCUT2D eigenvalue weighted by Crippen LogP contribution is 2.23. The van der Waals surface area contributed by atoms with E-state index in [9.17, 15) is 4.79 Å². The summed E-state index contributed by atoms with van der Waals surface area (Å²) >= 11 is 6.91. The molecule has 0 spiro atoms. The molecular weight excluding hydrogens is 300 g/mol. The first-order chi connectivity index (χ1) is 9.60. The third-order valence-electron chi connectivity index (χ3n) is 2.41. The van der Waals surface area contributed by atoms with Crippen LogP contribution in [-0.2, 0) is 11.2 Å². The number of halogens is 1. The van der Waals surface area contributed by atoms with Crippen LogP contribution in [0.1, 0.15) is 19.0 Å². The van der Waals surface area contributed by atoms with Crippen molar-refractivity contribution in [1.29, 1.82) is 0 Å². The second kappa shape index (κ2) is 6.71. The third kappa shape index (κ3) is 3.71. The summed E-state index contributed by atoms with van der Waals surface area (Å²) in [5.74, 6) is -0.384.